The number of carbonyl (C=O) groups is 1. The van der Waals surface area contributed by atoms with Crippen molar-refractivity contribution in [2.75, 3.05) is 19.7 Å². The molecule has 24 heavy (non-hydrogen) atoms. The van der Waals surface area contributed by atoms with E-state index < -0.39 is 16.1 Å². The van der Waals surface area contributed by atoms with E-state index in [2.05, 4.69) is 5.32 Å². The maximum atomic E-state index is 12.9. The molecule has 6 nitrogen and oxygen atoms in total. The molecule has 3 rings (SSSR count). The number of hydrogen-bond donors (Lipinski definition) is 1. The molecule has 2 fully saturated rings. The molecule has 2 heterocycles. The number of benzene rings is 1. The molecule has 1 amide bonds. The van der Waals surface area contributed by atoms with Gasteiger partial charge in [0, 0.05) is 26.2 Å². The summed E-state index contributed by atoms with van der Waals surface area (Å²) >= 11 is 0. The molecule has 132 valence electrons. The van der Waals surface area contributed by atoms with Gasteiger partial charge in [-0.3, -0.25) is 4.79 Å². The quantitative estimate of drug-likeness (QED) is 0.874. The summed E-state index contributed by atoms with van der Waals surface area (Å²) in [6.07, 6.45) is 4.08. The summed E-state index contributed by atoms with van der Waals surface area (Å²) < 4.78 is 32.7. The number of hydrogen-bond acceptors (Lipinski definition) is 4. The van der Waals surface area contributed by atoms with Crippen LogP contribution in [0.2, 0.25) is 0 Å². The lowest BCUT2D eigenvalue weighted by Gasteiger charge is -2.27. The van der Waals surface area contributed by atoms with E-state index in [1.807, 2.05) is 0 Å². The van der Waals surface area contributed by atoms with Crippen molar-refractivity contribution >= 4 is 15.9 Å². The highest BCUT2D eigenvalue weighted by atomic mass is 32.2. The second kappa shape index (κ2) is 7.63. The molecule has 0 radical (unpaired) electrons. The zero-order valence-corrected chi connectivity index (χ0v) is 14.6. The average Bonchev–Trinajstić information content (AvgIpc) is 3.15. The summed E-state index contributed by atoms with van der Waals surface area (Å²) in [6.45, 7) is 1.94. The number of piperidine rings is 1. The molecule has 1 aromatic carbocycles. The minimum Gasteiger partial charge on any atom is -0.368 e. The van der Waals surface area contributed by atoms with Gasteiger partial charge in [0.1, 0.15) is 6.10 Å². The molecule has 7 heteroatoms. The monoisotopic (exact) mass is 352 g/mol. The highest BCUT2D eigenvalue weighted by Crippen LogP contribution is 2.23. The fraction of sp³-hybridized carbons (Fsp3) is 0.588. The van der Waals surface area contributed by atoms with Crippen LogP contribution in [0.1, 0.15) is 37.7 Å². The SMILES string of the molecule is O=C(NCc1ccccc1S(=O)(=O)N1CCCCC1)[C@@H]1CCCO1. The minimum atomic E-state index is -3.51. The van der Waals surface area contributed by atoms with E-state index in [0.717, 1.165) is 32.1 Å². The third-order valence-corrected chi connectivity index (χ3v) is 6.58. The van der Waals surface area contributed by atoms with Crippen LogP contribution >= 0.6 is 0 Å². The van der Waals surface area contributed by atoms with Crippen LogP contribution in [0.25, 0.3) is 0 Å². The van der Waals surface area contributed by atoms with Crippen LogP contribution in [0, 0.1) is 0 Å². The first-order chi connectivity index (χ1) is 11.6. The molecule has 1 aromatic rings. The summed E-state index contributed by atoms with van der Waals surface area (Å²) in [7, 11) is -3.51. The normalized spacial score (nSPS) is 22.4. The Labute approximate surface area is 143 Å². The van der Waals surface area contributed by atoms with E-state index in [1.165, 1.54) is 0 Å². The van der Waals surface area contributed by atoms with E-state index in [-0.39, 0.29) is 12.5 Å². The van der Waals surface area contributed by atoms with Gasteiger partial charge in [-0.2, -0.15) is 4.31 Å². The lowest BCUT2D eigenvalue weighted by atomic mass is 10.2. The summed E-state index contributed by atoms with van der Waals surface area (Å²) in [6, 6.07) is 6.90. The average molecular weight is 352 g/mol. The first-order valence-corrected chi connectivity index (χ1v) is 10.0. The fourth-order valence-corrected chi connectivity index (χ4v) is 4.97. The van der Waals surface area contributed by atoms with Gasteiger partial charge in [0.25, 0.3) is 0 Å². The van der Waals surface area contributed by atoms with Crippen molar-refractivity contribution in [3.63, 3.8) is 0 Å². The first-order valence-electron chi connectivity index (χ1n) is 8.56. The molecule has 2 aliphatic heterocycles. The van der Waals surface area contributed by atoms with E-state index in [0.29, 0.717) is 30.2 Å². The molecular weight excluding hydrogens is 328 g/mol. The van der Waals surface area contributed by atoms with Gasteiger partial charge < -0.3 is 10.1 Å². The number of sulfonamides is 1. The Hall–Kier alpha value is -1.44. The molecule has 0 unspecified atom stereocenters. The second-order valence-corrected chi connectivity index (χ2v) is 8.20. The Morgan fingerprint density at radius 3 is 2.62 bits per heavy atom. The Kier molecular flexibility index (Phi) is 5.53. The zero-order valence-electron chi connectivity index (χ0n) is 13.7. The Bertz CT molecular complexity index is 678. The van der Waals surface area contributed by atoms with Crippen molar-refractivity contribution in [1.29, 1.82) is 0 Å². The van der Waals surface area contributed by atoms with E-state index in [1.54, 1.807) is 28.6 Å². The minimum absolute atomic E-state index is 0.169. The number of rotatable bonds is 5. The van der Waals surface area contributed by atoms with E-state index >= 15 is 0 Å². The maximum absolute atomic E-state index is 12.9. The molecule has 2 aliphatic rings. The molecule has 2 saturated heterocycles. The van der Waals surface area contributed by atoms with Gasteiger partial charge in [-0.15, -0.1) is 0 Å². The lowest BCUT2D eigenvalue weighted by molar-refractivity contribution is -0.130. The molecule has 0 bridgehead atoms. The predicted octanol–water partition coefficient (Wildman–Crippen LogP) is 1.66. The van der Waals surface area contributed by atoms with Crippen LogP contribution in [0.5, 0.6) is 0 Å². The Balaban J connectivity index is 1.73. The van der Waals surface area contributed by atoms with E-state index in [9.17, 15) is 13.2 Å². The van der Waals surface area contributed by atoms with Crippen LogP contribution in [0.15, 0.2) is 29.2 Å². The predicted molar refractivity (Wildman–Crippen MR) is 89.9 cm³/mol. The first kappa shape index (κ1) is 17.4. The van der Waals surface area contributed by atoms with Crippen molar-refractivity contribution in [2.45, 2.75) is 49.6 Å². The van der Waals surface area contributed by atoms with Crippen molar-refractivity contribution < 1.29 is 17.9 Å². The summed E-state index contributed by atoms with van der Waals surface area (Å²) in [5, 5.41) is 2.81. The van der Waals surface area contributed by atoms with Gasteiger partial charge in [-0.1, -0.05) is 24.6 Å². The Morgan fingerprint density at radius 2 is 1.92 bits per heavy atom. The summed E-state index contributed by atoms with van der Waals surface area (Å²) in [5.74, 6) is -0.169. The van der Waals surface area contributed by atoms with Crippen LogP contribution < -0.4 is 5.32 Å². The van der Waals surface area contributed by atoms with Crippen LogP contribution in [0.3, 0.4) is 0 Å². The largest absolute Gasteiger partial charge is 0.368 e. The third kappa shape index (κ3) is 3.79. The lowest BCUT2D eigenvalue weighted by Crippen LogP contribution is -2.37. The van der Waals surface area contributed by atoms with Gasteiger partial charge in [0.2, 0.25) is 15.9 Å². The molecule has 1 N–H and O–H groups in total. The van der Waals surface area contributed by atoms with Crippen molar-refractivity contribution in [3.05, 3.63) is 29.8 Å². The van der Waals surface area contributed by atoms with Crippen LogP contribution in [0.4, 0.5) is 0 Å². The number of amides is 1. The highest BCUT2D eigenvalue weighted by Gasteiger charge is 2.28. The standard InChI is InChI=1S/C17H24N2O4S/c20-17(15-8-6-12-23-15)18-13-14-7-2-3-9-16(14)24(21,22)19-10-4-1-5-11-19/h2-3,7,9,15H,1,4-6,8,10-13H2,(H,18,20)/t15-/m0/s1. The van der Waals surface area contributed by atoms with Crippen LogP contribution in [-0.4, -0.2) is 44.4 Å². The third-order valence-electron chi connectivity index (χ3n) is 4.58. The van der Waals surface area contributed by atoms with E-state index in [4.69, 9.17) is 4.74 Å². The number of nitrogens with zero attached hydrogens (tertiary/aromatic N) is 1. The molecule has 1 atom stereocenters. The van der Waals surface area contributed by atoms with Gasteiger partial charge in [0.15, 0.2) is 0 Å². The second-order valence-electron chi connectivity index (χ2n) is 6.29. The highest BCUT2D eigenvalue weighted by molar-refractivity contribution is 7.89. The number of carbonyl (C=O) groups excluding carboxylic acids is 1. The molecule has 0 spiro atoms. The van der Waals surface area contributed by atoms with Crippen molar-refractivity contribution in [1.82, 2.24) is 9.62 Å². The van der Waals surface area contributed by atoms with Gasteiger partial charge >= 0.3 is 0 Å². The number of nitrogens with one attached hydrogen (secondary N) is 1. The molecule has 0 saturated carbocycles. The fourth-order valence-electron chi connectivity index (χ4n) is 3.23. The zero-order chi connectivity index (χ0) is 17.0. The summed E-state index contributed by atoms with van der Waals surface area (Å²) in [4.78, 5) is 12.4. The maximum Gasteiger partial charge on any atom is 0.249 e. The molecule has 0 aromatic heterocycles. The Morgan fingerprint density at radius 1 is 1.17 bits per heavy atom. The molecule has 0 aliphatic carbocycles. The van der Waals surface area contributed by atoms with Gasteiger partial charge in [-0.25, -0.2) is 8.42 Å². The van der Waals surface area contributed by atoms with Crippen LogP contribution in [-0.2, 0) is 26.1 Å². The molecular formula is C17H24N2O4S. The van der Waals surface area contributed by atoms with Gasteiger partial charge in [0.05, 0.1) is 4.90 Å². The smallest absolute Gasteiger partial charge is 0.249 e. The number of ether oxygens (including phenoxy) is 1. The summed E-state index contributed by atoms with van der Waals surface area (Å²) in [5.41, 5.74) is 0.620. The van der Waals surface area contributed by atoms with Gasteiger partial charge in [-0.05, 0) is 37.3 Å². The van der Waals surface area contributed by atoms with Crippen molar-refractivity contribution in [2.24, 2.45) is 0 Å². The topological polar surface area (TPSA) is 75.7 Å². The van der Waals surface area contributed by atoms with Crippen molar-refractivity contribution in [3.8, 4) is 0 Å².